The van der Waals surface area contributed by atoms with Crippen LogP contribution in [-0.2, 0) is 19.5 Å². The lowest BCUT2D eigenvalue weighted by Crippen LogP contribution is -2.25. The number of fused-ring (bicyclic) bond motifs is 1. The van der Waals surface area contributed by atoms with Crippen LogP contribution < -0.4 is 5.32 Å². The Morgan fingerprint density at radius 1 is 1.33 bits per heavy atom. The highest BCUT2D eigenvalue weighted by Gasteiger charge is 2.17. The van der Waals surface area contributed by atoms with Gasteiger partial charge in [0.15, 0.2) is 0 Å². The van der Waals surface area contributed by atoms with Gasteiger partial charge in [-0.05, 0) is 43.1 Å². The summed E-state index contributed by atoms with van der Waals surface area (Å²) < 4.78 is 2.11. The second-order valence-corrected chi connectivity index (χ2v) is 5.16. The molecule has 3 nitrogen and oxygen atoms in total. The Hall–Kier alpha value is -1.32. The van der Waals surface area contributed by atoms with Crippen LogP contribution in [0, 0.1) is 6.92 Å². The Kier molecular flexibility index (Phi) is 3.10. The number of rotatable bonds is 2. The number of nitrogens with one attached hydrogen (secondary N) is 1. The van der Waals surface area contributed by atoms with Gasteiger partial charge in [-0.1, -0.05) is 23.7 Å². The predicted octanol–water partition coefficient (Wildman–Crippen LogP) is 2.54. The maximum Gasteiger partial charge on any atom is 0.0663 e. The Morgan fingerprint density at radius 2 is 2.11 bits per heavy atom. The molecule has 3 rings (SSSR count). The Balaban J connectivity index is 1.91. The first kappa shape index (κ1) is 11.8. The van der Waals surface area contributed by atoms with Gasteiger partial charge in [-0.15, -0.1) is 0 Å². The first-order valence-electron chi connectivity index (χ1n) is 6.24. The molecule has 94 valence electrons. The summed E-state index contributed by atoms with van der Waals surface area (Å²) in [6, 6.07) is 7.97. The zero-order valence-corrected chi connectivity index (χ0v) is 11.2. The lowest BCUT2D eigenvalue weighted by molar-refractivity contribution is 0.570. The molecular formula is C14H16ClN3. The van der Waals surface area contributed by atoms with Crippen molar-refractivity contribution in [1.82, 2.24) is 15.1 Å². The van der Waals surface area contributed by atoms with E-state index in [1.165, 1.54) is 22.5 Å². The molecule has 0 unspecified atom stereocenters. The van der Waals surface area contributed by atoms with Crippen LogP contribution in [0.5, 0.6) is 0 Å². The molecule has 1 aliphatic rings. The van der Waals surface area contributed by atoms with Crippen LogP contribution in [-0.4, -0.2) is 16.3 Å². The summed E-state index contributed by atoms with van der Waals surface area (Å²) in [5.74, 6) is 0. The van der Waals surface area contributed by atoms with E-state index in [0.717, 1.165) is 31.1 Å². The lowest BCUT2D eigenvalue weighted by atomic mass is 10.1. The maximum atomic E-state index is 5.90. The number of hydrogen-bond acceptors (Lipinski definition) is 2. The van der Waals surface area contributed by atoms with Crippen molar-refractivity contribution in [2.45, 2.75) is 26.4 Å². The summed E-state index contributed by atoms with van der Waals surface area (Å²) in [7, 11) is 0. The highest BCUT2D eigenvalue weighted by atomic mass is 35.5. The Labute approximate surface area is 112 Å². The number of aromatic nitrogens is 2. The normalized spacial score (nSPS) is 14.6. The van der Waals surface area contributed by atoms with Gasteiger partial charge in [0.25, 0.3) is 0 Å². The van der Waals surface area contributed by atoms with Crippen molar-refractivity contribution in [2.24, 2.45) is 0 Å². The van der Waals surface area contributed by atoms with Crippen LogP contribution in [0.25, 0.3) is 0 Å². The molecular weight excluding hydrogens is 246 g/mol. The molecule has 1 N–H and O–H groups in total. The average molecular weight is 262 g/mol. The number of hydrogen-bond donors (Lipinski definition) is 1. The summed E-state index contributed by atoms with van der Waals surface area (Å²) in [5, 5.41) is 8.84. The molecule has 2 aromatic rings. The zero-order valence-electron chi connectivity index (χ0n) is 10.4. The Morgan fingerprint density at radius 3 is 2.89 bits per heavy atom. The largest absolute Gasteiger partial charge is 0.311 e. The highest BCUT2D eigenvalue weighted by molar-refractivity contribution is 6.30. The summed E-state index contributed by atoms with van der Waals surface area (Å²) in [6.45, 7) is 4.89. The molecule has 0 atom stereocenters. The van der Waals surface area contributed by atoms with E-state index in [4.69, 9.17) is 11.6 Å². The zero-order chi connectivity index (χ0) is 12.5. The second kappa shape index (κ2) is 4.75. The van der Waals surface area contributed by atoms with Crippen LogP contribution in [0.4, 0.5) is 0 Å². The van der Waals surface area contributed by atoms with Crippen molar-refractivity contribution in [2.75, 3.05) is 6.54 Å². The molecule has 1 aromatic carbocycles. The van der Waals surface area contributed by atoms with Gasteiger partial charge in [0.1, 0.15) is 0 Å². The number of aryl methyl sites for hydroxylation is 1. The van der Waals surface area contributed by atoms with Crippen LogP contribution in [0.3, 0.4) is 0 Å². The Bertz CT molecular complexity index is 557. The molecule has 1 aromatic heterocycles. The van der Waals surface area contributed by atoms with E-state index >= 15 is 0 Å². The minimum atomic E-state index is 0.777. The maximum absolute atomic E-state index is 5.90. The van der Waals surface area contributed by atoms with E-state index in [2.05, 4.69) is 34.2 Å². The molecule has 0 saturated heterocycles. The van der Waals surface area contributed by atoms with Crippen molar-refractivity contribution in [1.29, 1.82) is 0 Å². The first-order chi connectivity index (χ1) is 8.74. The van der Waals surface area contributed by atoms with Crippen molar-refractivity contribution >= 4 is 11.6 Å². The number of benzene rings is 1. The fourth-order valence-electron chi connectivity index (χ4n) is 2.50. The molecule has 1 aliphatic heterocycles. The van der Waals surface area contributed by atoms with E-state index in [1.807, 2.05) is 12.1 Å². The fourth-order valence-corrected chi connectivity index (χ4v) is 2.63. The van der Waals surface area contributed by atoms with Crippen LogP contribution >= 0.6 is 11.6 Å². The highest BCUT2D eigenvalue weighted by Crippen LogP contribution is 2.19. The first-order valence-corrected chi connectivity index (χ1v) is 6.62. The third-order valence-corrected chi connectivity index (χ3v) is 3.71. The monoisotopic (exact) mass is 261 g/mol. The van der Waals surface area contributed by atoms with E-state index in [-0.39, 0.29) is 0 Å². The summed E-state index contributed by atoms with van der Waals surface area (Å²) in [4.78, 5) is 0. The standard InChI is InChI=1S/C14H16ClN3/c1-10-13-6-7-16-8-14(13)18(17-10)9-11-2-4-12(15)5-3-11/h2-5,16H,6-9H2,1H3. The minimum Gasteiger partial charge on any atom is -0.311 e. The molecule has 18 heavy (non-hydrogen) atoms. The molecule has 0 amide bonds. The third kappa shape index (κ3) is 2.16. The van der Waals surface area contributed by atoms with E-state index in [0.29, 0.717) is 0 Å². The topological polar surface area (TPSA) is 29.9 Å². The summed E-state index contributed by atoms with van der Waals surface area (Å²) in [5.41, 5.74) is 5.15. The van der Waals surface area contributed by atoms with Gasteiger partial charge in [0.2, 0.25) is 0 Å². The summed E-state index contributed by atoms with van der Waals surface area (Å²) in [6.07, 6.45) is 1.09. The molecule has 4 heteroatoms. The summed E-state index contributed by atoms with van der Waals surface area (Å²) >= 11 is 5.90. The van der Waals surface area contributed by atoms with Crippen LogP contribution in [0.1, 0.15) is 22.5 Å². The smallest absolute Gasteiger partial charge is 0.0663 e. The quantitative estimate of drug-likeness (QED) is 0.900. The minimum absolute atomic E-state index is 0.777. The predicted molar refractivity (Wildman–Crippen MR) is 72.9 cm³/mol. The van der Waals surface area contributed by atoms with Gasteiger partial charge in [-0.2, -0.15) is 5.10 Å². The second-order valence-electron chi connectivity index (χ2n) is 4.72. The van der Waals surface area contributed by atoms with Gasteiger partial charge < -0.3 is 5.32 Å². The molecule has 0 fully saturated rings. The molecule has 0 bridgehead atoms. The van der Waals surface area contributed by atoms with E-state index in [1.54, 1.807) is 0 Å². The van der Waals surface area contributed by atoms with Gasteiger partial charge in [0.05, 0.1) is 17.9 Å². The molecule has 0 aliphatic carbocycles. The van der Waals surface area contributed by atoms with Crippen molar-refractivity contribution in [3.8, 4) is 0 Å². The van der Waals surface area contributed by atoms with Gasteiger partial charge >= 0.3 is 0 Å². The molecule has 0 radical (unpaired) electrons. The number of nitrogens with zero attached hydrogens (tertiary/aromatic N) is 2. The van der Waals surface area contributed by atoms with E-state index in [9.17, 15) is 0 Å². The van der Waals surface area contributed by atoms with Crippen molar-refractivity contribution < 1.29 is 0 Å². The SMILES string of the molecule is Cc1nn(Cc2ccc(Cl)cc2)c2c1CCNC2. The molecule has 0 spiro atoms. The van der Waals surface area contributed by atoms with Crippen molar-refractivity contribution in [3.05, 3.63) is 51.8 Å². The van der Waals surface area contributed by atoms with Gasteiger partial charge in [-0.25, -0.2) is 0 Å². The average Bonchev–Trinajstić information content (AvgIpc) is 2.70. The lowest BCUT2D eigenvalue weighted by Gasteiger charge is -2.15. The third-order valence-electron chi connectivity index (χ3n) is 3.46. The van der Waals surface area contributed by atoms with Gasteiger partial charge in [-0.3, -0.25) is 4.68 Å². The molecule has 0 saturated carbocycles. The van der Waals surface area contributed by atoms with Crippen molar-refractivity contribution in [3.63, 3.8) is 0 Å². The molecule has 2 heterocycles. The van der Waals surface area contributed by atoms with Crippen LogP contribution in [0.15, 0.2) is 24.3 Å². The fraction of sp³-hybridized carbons (Fsp3) is 0.357. The van der Waals surface area contributed by atoms with Crippen LogP contribution in [0.2, 0.25) is 5.02 Å². The number of halogens is 1. The van der Waals surface area contributed by atoms with Gasteiger partial charge in [0, 0.05) is 11.6 Å². The van der Waals surface area contributed by atoms with E-state index < -0.39 is 0 Å².